The Labute approximate surface area is 171 Å². The van der Waals surface area contributed by atoms with Crippen LogP contribution in [0.1, 0.15) is 13.8 Å². The van der Waals surface area contributed by atoms with Crippen LogP contribution in [0.4, 0.5) is 5.69 Å². The van der Waals surface area contributed by atoms with E-state index in [0.717, 1.165) is 30.3 Å². The Kier molecular flexibility index (Phi) is 8.10. The number of anilines is 1. The largest absolute Gasteiger partial charge is 0.368 e. The predicted molar refractivity (Wildman–Crippen MR) is 117 cm³/mol. The number of rotatable bonds is 6. The number of nitrogens with zero attached hydrogens (tertiary/aromatic N) is 3. The fourth-order valence-corrected chi connectivity index (χ4v) is 3.07. The molecular formula is C19H30ClN5OS. The molecule has 0 unspecified atom stereocenters. The minimum Gasteiger partial charge on any atom is -0.368 e. The quantitative estimate of drug-likeness (QED) is 0.555. The predicted octanol–water partition coefficient (Wildman–Crippen LogP) is 2.30. The van der Waals surface area contributed by atoms with E-state index in [9.17, 15) is 4.79 Å². The Hall–Kier alpha value is -1.60. The summed E-state index contributed by atoms with van der Waals surface area (Å²) in [4.78, 5) is 20.9. The van der Waals surface area contributed by atoms with Gasteiger partial charge in [0.15, 0.2) is 5.96 Å². The third-order valence-corrected chi connectivity index (χ3v) is 6.19. The highest BCUT2D eigenvalue weighted by Gasteiger charge is 2.22. The summed E-state index contributed by atoms with van der Waals surface area (Å²) >= 11 is 7.74. The van der Waals surface area contributed by atoms with E-state index < -0.39 is 0 Å². The molecule has 0 bridgehead atoms. The fraction of sp³-hybridized carbons (Fsp3) is 0.579. The number of hydrogen-bond donors (Lipinski definition) is 2. The number of benzene rings is 1. The average Bonchev–Trinajstić information content (AvgIpc) is 2.68. The van der Waals surface area contributed by atoms with Crippen LogP contribution in [0.15, 0.2) is 29.3 Å². The van der Waals surface area contributed by atoms with Crippen molar-refractivity contribution >= 4 is 40.9 Å². The van der Waals surface area contributed by atoms with E-state index in [4.69, 9.17) is 11.6 Å². The number of carbonyl (C=O) groups is 1. The lowest BCUT2D eigenvalue weighted by Gasteiger charge is -2.36. The molecule has 1 aliphatic rings. The second-order valence-corrected chi connectivity index (χ2v) is 9.04. The average molecular weight is 412 g/mol. The Morgan fingerprint density at radius 1 is 1.19 bits per heavy atom. The third kappa shape index (κ3) is 6.81. The van der Waals surface area contributed by atoms with Crippen molar-refractivity contribution in [1.82, 2.24) is 15.5 Å². The second-order valence-electron chi connectivity index (χ2n) is 7.09. The highest BCUT2D eigenvalue weighted by molar-refractivity contribution is 7.99. The Morgan fingerprint density at radius 2 is 1.81 bits per heavy atom. The number of aliphatic imine (C=N–C) groups is 1. The molecule has 0 aliphatic carbocycles. The Bertz CT molecular complexity index is 642. The van der Waals surface area contributed by atoms with Crippen LogP contribution in [-0.2, 0) is 4.79 Å². The van der Waals surface area contributed by atoms with Crippen LogP contribution in [0.25, 0.3) is 0 Å². The normalized spacial score (nSPS) is 15.7. The lowest BCUT2D eigenvalue weighted by atomic mass is 10.2. The zero-order chi connectivity index (χ0) is 19.9. The molecule has 8 heteroatoms. The molecule has 2 rings (SSSR count). The first-order valence-electron chi connectivity index (χ1n) is 9.12. The summed E-state index contributed by atoms with van der Waals surface area (Å²) in [5, 5.41) is 7.14. The van der Waals surface area contributed by atoms with Gasteiger partial charge >= 0.3 is 0 Å². The highest BCUT2D eigenvalue weighted by atomic mass is 35.5. The van der Waals surface area contributed by atoms with E-state index in [-0.39, 0.29) is 17.2 Å². The van der Waals surface area contributed by atoms with Crippen LogP contribution in [0.2, 0.25) is 5.02 Å². The zero-order valence-electron chi connectivity index (χ0n) is 16.6. The molecule has 0 saturated carbocycles. The van der Waals surface area contributed by atoms with Crippen molar-refractivity contribution < 1.29 is 4.79 Å². The van der Waals surface area contributed by atoms with Crippen LogP contribution in [0, 0.1) is 0 Å². The summed E-state index contributed by atoms with van der Waals surface area (Å²) < 4.78 is 0.111. The lowest BCUT2D eigenvalue weighted by molar-refractivity contribution is -0.130. The SMILES string of the molecule is CN=C(NCC(=O)N1CCN(c2ccc(Cl)cc2)CC1)NCC(C)(C)SC. The third-order valence-electron chi connectivity index (χ3n) is 4.69. The second kappa shape index (κ2) is 10.1. The molecule has 2 N–H and O–H groups in total. The van der Waals surface area contributed by atoms with Gasteiger partial charge in [-0.1, -0.05) is 11.6 Å². The van der Waals surface area contributed by atoms with Gasteiger partial charge in [0.25, 0.3) is 0 Å². The molecule has 1 heterocycles. The van der Waals surface area contributed by atoms with Crippen LogP contribution in [0.5, 0.6) is 0 Å². The van der Waals surface area contributed by atoms with E-state index in [2.05, 4.69) is 40.6 Å². The summed E-state index contributed by atoms with van der Waals surface area (Å²) in [6.07, 6.45) is 2.09. The number of hydrogen-bond acceptors (Lipinski definition) is 4. The monoisotopic (exact) mass is 411 g/mol. The number of guanidine groups is 1. The van der Waals surface area contributed by atoms with Gasteiger partial charge in [0.2, 0.25) is 5.91 Å². The number of halogens is 1. The first-order chi connectivity index (χ1) is 12.8. The van der Waals surface area contributed by atoms with Crippen molar-refractivity contribution in [2.24, 2.45) is 4.99 Å². The standard InChI is InChI=1S/C19H30ClN5OS/c1-19(2,27-4)14-23-18(21-3)22-13-17(26)25-11-9-24(10-12-25)16-7-5-15(20)6-8-16/h5-8H,9-14H2,1-4H3,(H2,21,22,23). The van der Waals surface area contributed by atoms with Crippen LogP contribution >= 0.6 is 23.4 Å². The van der Waals surface area contributed by atoms with E-state index in [1.165, 1.54) is 0 Å². The van der Waals surface area contributed by atoms with Gasteiger partial charge in [-0.3, -0.25) is 9.79 Å². The van der Waals surface area contributed by atoms with Gasteiger partial charge in [0.05, 0.1) is 6.54 Å². The molecule has 6 nitrogen and oxygen atoms in total. The van der Waals surface area contributed by atoms with Gasteiger partial charge in [0, 0.05) is 55.2 Å². The van der Waals surface area contributed by atoms with Gasteiger partial charge in [-0.2, -0.15) is 11.8 Å². The minimum absolute atomic E-state index is 0.0952. The summed E-state index contributed by atoms with van der Waals surface area (Å²) in [6, 6.07) is 7.84. The molecule has 1 aromatic rings. The van der Waals surface area contributed by atoms with Crippen molar-refractivity contribution in [3.8, 4) is 0 Å². The molecule has 0 spiro atoms. The molecule has 1 amide bonds. The number of thioether (sulfide) groups is 1. The molecule has 150 valence electrons. The summed E-state index contributed by atoms with van der Waals surface area (Å²) in [5.74, 6) is 0.753. The molecule has 1 saturated heterocycles. The van der Waals surface area contributed by atoms with Gasteiger partial charge < -0.3 is 20.4 Å². The van der Waals surface area contributed by atoms with E-state index >= 15 is 0 Å². The van der Waals surface area contributed by atoms with E-state index in [0.29, 0.717) is 19.0 Å². The number of carbonyl (C=O) groups excluding carboxylic acids is 1. The molecular weight excluding hydrogens is 382 g/mol. The maximum Gasteiger partial charge on any atom is 0.242 e. The van der Waals surface area contributed by atoms with Crippen molar-refractivity contribution in [2.45, 2.75) is 18.6 Å². The summed E-state index contributed by atoms with van der Waals surface area (Å²) in [7, 11) is 1.72. The molecule has 0 radical (unpaired) electrons. The Morgan fingerprint density at radius 3 is 2.37 bits per heavy atom. The van der Waals surface area contributed by atoms with E-state index in [1.807, 2.05) is 29.2 Å². The van der Waals surface area contributed by atoms with Gasteiger partial charge in [-0.05, 0) is 44.4 Å². The van der Waals surface area contributed by atoms with Crippen molar-refractivity contribution in [3.05, 3.63) is 29.3 Å². The number of amides is 1. The highest BCUT2D eigenvalue weighted by Crippen LogP contribution is 2.20. The van der Waals surface area contributed by atoms with Crippen LogP contribution in [-0.4, -0.2) is 74.1 Å². The van der Waals surface area contributed by atoms with Gasteiger partial charge in [-0.25, -0.2) is 0 Å². The van der Waals surface area contributed by atoms with Gasteiger partial charge in [0.1, 0.15) is 0 Å². The molecule has 0 atom stereocenters. The van der Waals surface area contributed by atoms with Crippen molar-refractivity contribution in [3.63, 3.8) is 0 Å². The smallest absolute Gasteiger partial charge is 0.242 e. The lowest BCUT2D eigenvalue weighted by Crippen LogP contribution is -2.52. The summed E-state index contributed by atoms with van der Waals surface area (Å²) in [6.45, 7) is 8.45. The first kappa shape index (κ1) is 21.7. The molecule has 27 heavy (non-hydrogen) atoms. The molecule has 0 aromatic heterocycles. The van der Waals surface area contributed by atoms with E-state index in [1.54, 1.807) is 18.8 Å². The molecule has 1 aliphatic heterocycles. The summed E-state index contributed by atoms with van der Waals surface area (Å²) in [5.41, 5.74) is 1.14. The fourth-order valence-electron chi connectivity index (χ4n) is 2.73. The molecule has 1 aromatic carbocycles. The van der Waals surface area contributed by atoms with Crippen LogP contribution in [0.3, 0.4) is 0 Å². The first-order valence-corrected chi connectivity index (χ1v) is 10.7. The number of piperazine rings is 1. The molecule has 1 fully saturated rings. The topological polar surface area (TPSA) is 60.0 Å². The Balaban J connectivity index is 1.76. The minimum atomic E-state index is 0.0952. The van der Waals surface area contributed by atoms with Crippen molar-refractivity contribution in [1.29, 1.82) is 0 Å². The van der Waals surface area contributed by atoms with Crippen molar-refractivity contribution in [2.75, 3.05) is 57.5 Å². The van der Waals surface area contributed by atoms with Gasteiger partial charge in [-0.15, -0.1) is 0 Å². The zero-order valence-corrected chi connectivity index (χ0v) is 18.2. The maximum absolute atomic E-state index is 12.5. The number of nitrogens with one attached hydrogen (secondary N) is 2. The maximum atomic E-state index is 12.5. The van der Waals surface area contributed by atoms with Crippen LogP contribution < -0.4 is 15.5 Å².